The highest BCUT2D eigenvalue weighted by molar-refractivity contribution is 8.00. The Bertz CT molecular complexity index is 1180. The average molecular weight is 529 g/mol. The van der Waals surface area contributed by atoms with E-state index in [1.807, 2.05) is 0 Å². The Kier molecular flexibility index (Phi) is 7.37. The average Bonchev–Trinajstić information content (AvgIpc) is 3.44. The molecular weight excluding hydrogens is 508 g/mol. The van der Waals surface area contributed by atoms with Gasteiger partial charge in [-0.25, -0.2) is 14.6 Å². The van der Waals surface area contributed by atoms with Gasteiger partial charge in [-0.05, 0) is 6.07 Å². The summed E-state index contributed by atoms with van der Waals surface area (Å²) in [5.74, 6) is -0.368. The van der Waals surface area contributed by atoms with Gasteiger partial charge >= 0.3 is 0 Å². The number of amides is 1. The van der Waals surface area contributed by atoms with Crippen molar-refractivity contribution < 1.29 is 30.0 Å². The van der Waals surface area contributed by atoms with Crippen molar-refractivity contribution in [2.24, 2.45) is 0 Å². The summed E-state index contributed by atoms with van der Waals surface area (Å²) in [6, 6.07) is 0.486. The second-order valence-corrected chi connectivity index (χ2v) is 10.0. The van der Waals surface area contributed by atoms with Crippen LogP contribution in [0.3, 0.4) is 0 Å². The summed E-state index contributed by atoms with van der Waals surface area (Å²) < 4.78 is 7.02. The molecule has 0 bridgehead atoms. The van der Waals surface area contributed by atoms with Gasteiger partial charge in [0, 0.05) is 30.6 Å². The van der Waals surface area contributed by atoms with Gasteiger partial charge in [-0.1, -0.05) is 39.9 Å². The van der Waals surface area contributed by atoms with Crippen molar-refractivity contribution in [2.75, 3.05) is 20.7 Å². The van der Waals surface area contributed by atoms with E-state index in [1.165, 1.54) is 28.0 Å². The number of aromatic hydroxyl groups is 1. The van der Waals surface area contributed by atoms with E-state index in [-0.39, 0.29) is 21.8 Å². The Morgan fingerprint density at radius 3 is 2.74 bits per heavy atom. The first-order valence-corrected chi connectivity index (χ1v) is 12.1. The predicted molar refractivity (Wildman–Crippen MR) is 123 cm³/mol. The standard InChI is InChI=1S/C19H21ClN6O6S2/c1-25(2)17(30)13-12(3-8(20)4-21-13)34-18-16(29)14(15(28)11(6-27)32-18)26-5-9(23-24-26)10-7-33-19(31)22-10/h3-5,7,11,14-16,18,27-29H,6H2,1-2H3,(H,22,31)/t11?,14-,15-,16?,18+/m0/s1. The number of carbonyl (C=O) groups is 1. The van der Waals surface area contributed by atoms with Crippen molar-refractivity contribution in [3.05, 3.63) is 34.6 Å². The highest BCUT2D eigenvalue weighted by atomic mass is 35.5. The van der Waals surface area contributed by atoms with Gasteiger partial charge in [0.15, 0.2) is 0 Å². The van der Waals surface area contributed by atoms with Gasteiger partial charge in [-0.2, -0.15) is 0 Å². The number of ether oxygens (including phenoxy) is 1. The number of aliphatic hydroxyl groups is 3. The largest absolute Gasteiger partial charge is 0.486 e. The zero-order valence-electron chi connectivity index (χ0n) is 17.9. The fraction of sp³-hybridized carbons (Fsp3) is 0.421. The lowest BCUT2D eigenvalue weighted by atomic mass is 9.97. The maximum absolute atomic E-state index is 12.6. The molecule has 182 valence electrons. The monoisotopic (exact) mass is 528 g/mol. The number of nitrogens with zero attached hydrogens (tertiary/aromatic N) is 6. The number of thioether (sulfide) groups is 1. The van der Waals surface area contributed by atoms with Crippen LogP contribution < -0.4 is 0 Å². The molecule has 0 spiro atoms. The molecule has 1 saturated heterocycles. The Hall–Kier alpha value is -2.33. The molecule has 4 heterocycles. The van der Waals surface area contributed by atoms with Crippen LogP contribution in [0.15, 0.2) is 28.7 Å². The summed E-state index contributed by atoms with van der Waals surface area (Å²) in [5, 5.41) is 51.0. The van der Waals surface area contributed by atoms with Crippen LogP contribution >= 0.6 is 34.7 Å². The van der Waals surface area contributed by atoms with Crippen LogP contribution in [0.2, 0.25) is 5.02 Å². The minimum Gasteiger partial charge on any atom is -0.486 e. The van der Waals surface area contributed by atoms with E-state index in [1.54, 1.807) is 19.5 Å². The quantitative estimate of drug-likeness (QED) is 0.354. The van der Waals surface area contributed by atoms with E-state index in [0.717, 1.165) is 23.1 Å². The lowest BCUT2D eigenvalue weighted by Crippen LogP contribution is -2.55. The lowest BCUT2D eigenvalue weighted by Gasteiger charge is -2.41. The first-order chi connectivity index (χ1) is 16.2. The van der Waals surface area contributed by atoms with Gasteiger partial charge in [0.1, 0.15) is 46.9 Å². The molecule has 5 atom stereocenters. The van der Waals surface area contributed by atoms with Crippen LogP contribution in [0, 0.1) is 0 Å². The molecule has 12 nitrogen and oxygen atoms in total. The predicted octanol–water partition coefficient (Wildman–Crippen LogP) is 0.630. The molecule has 4 rings (SSSR count). The van der Waals surface area contributed by atoms with Gasteiger partial charge in [-0.15, -0.1) is 5.10 Å². The third kappa shape index (κ3) is 4.88. The Balaban J connectivity index is 1.65. The third-order valence-corrected chi connectivity index (χ3v) is 7.13. The minimum absolute atomic E-state index is 0.116. The molecule has 4 N–H and O–H groups in total. The molecular formula is C19H21ClN6O6S2. The SMILES string of the molecule is CN(C)C(=O)c1ncc(Cl)cc1S[C@H]1OC(CO)[C@H](O)[C@H](n2cc(-c3csc(O)n3)nn2)C1O. The number of thiazole rings is 1. The molecule has 2 unspecified atom stereocenters. The van der Waals surface area contributed by atoms with E-state index >= 15 is 0 Å². The van der Waals surface area contributed by atoms with E-state index in [0.29, 0.717) is 16.3 Å². The maximum Gasteiger partial charge on any atom is 0.273 e. The molecule has 1 fully saturated rings. The summed E-state index contributed by atoms with van der Waals surface area (Å²) in [6.45, 7) is -0.528. The van der Waals surface area contributed by atoms with Crippen LogP contribution in [-0.2, 0) is 4.74 Å². The molecule has 0 saturated carbocycles. The van der Waals surface area contributed by atoms with Crippen molar-refractivity contribution in [1.29, 1.82) is 0 Å². The fourth-order valence-electron chi connectivity index (χ4n) is 3.41. The normalized spacial score (nSPS) is 24.8. The molecule has 1 amide bonds. The lowest BCUT2D eigenvalue weighted by molar-refractivity contribution is -0.178. The van der Waals surface area contributed by atoms with E-state index in [2.05, 4.69) is 20.3 Å². The summed E-state index contributed by atoms with van der Waals surface area (Å²) in [4.78, 5) is 22.4. The zero-order valence-corrected chi connectivity index (χ0v) is 20.3. The van der Waals surface area contributed by atoms with Crippen molar-refractivity contribution in [2.45, 2.75) is 34.7 Å². The number of carbonyl (C=O) groups excluding carboxylic acids is 1. The summed E-state index contributed by atoms with van der Waals surface area (Å²) in [7, 11) is 3.16. The van der Waals surface area contributed by atoms with Crippen molar-refractivity contribution in [1.82, 2.24) is 29.9 Å². The number of rotatable bonds is 6. The number of aliphatic hydroxyl groups excluding tert-OH is 3. The number of hydrogen-bond acceptors (Lipinski definition) is 12. The van der Waals surface area contributed by atoms with Gasteiger partial charge in [0.05, 0.1) is 17.8 Å². The molecule has 1 aliphatic rings. The fourth-order valence-corrected chi connectivity index (χ4v) is 5.37. The van der Waals surface area contributed by atoms with Crippen molar-refractivity contribution >= 4 is 40.6 Å². The van der Waals surface area contributed by atoms with E-state index in [9.17, 15) is 25.2 Å². The Labute approximate surface area is 206 Å². The first-order valence-electron chi connectivity index (χ1n) is 9.92. The topological polar surface area (TPSA) is 167 Å². The van der Waals surface area contributed by atoms with Crippen LogP contribution in [0.1, 0.15) is 16.5 Å². The smallest absolute Gasteiger partial charge is 0.273 e. The number of aromatic nitrogens is 5. The molecule has 0 aromatic carbocycles. The van der Waals surface area contributed by atoms with Crippen molar-refractivity contribution in [3.63, 3.8) is 0 Å². The number of hydrogen-bond donors (Lipinski definition) is 4. The summed E-state index contributed by atoms with van der Waals surface area (Å²) in [5.41, 5.74) is -0.198. The van der Waals surface area contributed by atoms with E-state index in [4.69, 9.17) is 16.3 Å². The summed E-state index contributed by atoms with van der Waals surface area (Å²) >= 11 is 8.11. The molecule has 3 aromatic heterocycles. The highest BCUT2D eigenvalue weighted by Crippen LogP contribution is 2.39. The molecule has 3 aromatic rings. The number of pyridine rings is 1. The molecule has 0 aliphatic carbocycles. The van der Waals surface area contributed by atoms with Gasteiger partial charge < -0.3 is 30.1 Å². The Morgan fingerprint density at radius 1 is 1.32 bits per heavy atom. The van der Waals surface area contributed by atoms with Gasteiger partial charge in [0.25, 0.3) is 11.1 Å². The minimum atomic E-state index is -1.33. The molecule has 15 heteroatoms. The van der Waals surface area contributed by atoms with Gasteiger partial charge in [-0.3, -0.25) is 4.79 Å². The van der Waals surface area contributed by atoms with Crippen LogP contribution in [-0.4, -0.2) is 101 Å². The van der Waals surface area contributed by atoms with Crippen LogP contribution in [0.25, 0.3) is 11.4 Å². The molecule has 1 aliphatic heterocycles. The molecule has 34 heavy (non-hydrogen) atoms. The van der Waals surface area contributed by atoms with E-state index < -0.39 is 36.4 Å². The Morgan fingerprint density at radius 2 is 2.09 bits per heavy atom. The second kappa shape index (κ2) is 10.1. The van der Waals surface area contributed by atoms with Crippen molar-refractivity contribution in [3.8, 4) is 16.6 Å². The highest BCUT2D eigenvalue weighted by Gasteiger charge is 2.46. The van der Waals surface area contributed by atoms with Crippen LogP contribution in [0.4, 0.5) is 0 Å². The first kappa shape index (κ1) is 24.8. The third-order valence-electron chi connectivity index (χ3n) is 5.09. The summed E-state index contributed by atoms with van der Waals surface area (Å²) in [6.07, 6.45) is -0.897. The second-order valence-electron chi connectivity index (χ2n) is 7.61. The van der Waals surface area contributed by atoms with Gasteiger partial charge in [0.2, 0.25) is 0 Å². The van der Waals surface area contributed by atoms with Crippen LogP contribution in [0.5, 0.6) is 5.19 Å². The maximum atomic E-state index is 12.6. The number of halogens is 1. The zero-order chi connectivity index (χ0) is 24.6. The molecule has 0 radical (unpaired) electrons.